The van der Waals surface area contributed by atoms with E-state index in [2.05, 4.69) is 31.6 Å². The van der Waals surface area contributed by atoms with Crippen LogP contribution in [0.15, 0.2) is 97.2 Å². The summed E-state index contributed by atoms with van der Waals surface area (Å²) in [4.78, 5) is 63.0. The molecule has 0 unspecified atom stereocenters. The van der Waals surface area contributed by atoms with E-state index in [-0.39, 0.29) is 24.6 Å². The van der Waals surface area contributed by atoms with Crippen LogP contribution < -0.4 is 27.0 Å². The van der Waals surface area contributed by atoms with Crippen LogP contribution in [0.25, 0.3) is 0 Å². The van der Waals surface area contributed by atoms with E-state index in [4.69, 9.17) is 10.8 Å². The molecule has 0 bridgehead atoms. The van der Waals surface area contributed by atoms with Crippen LogP contribution in [-0.4, -0.2) is 80.9 Å². The van der Waals surface area contributed by atoms with Crippen LogP contribution in [0.4, 0.5) is 0 Å². The standard InChI is InChI=1S/C34H38N8O6/c35-26(16-23-10-4-1-5-11-23)21-42-22-29(40-41-42)34(48)39-28(18-25-14-8-3-9-15-25)33(47)36-19-30(43)38-27(32(46)37-20-31(44)45)17-24-12-6-2-7-13-24/h1-15,22,26-28H,16-21,35H2,(H,36,47)(H,37,46)(H,38,43)(H,39,48)(H,44,45)/t26-,27-,28-/m0/s1. The molecule has 4 aromatic rings. The van der Waals surface area contributed by atoms with Gasteiger partial charge >= 0.3 is 5.97 Å². The van der Waals surface area contributed by atoms with Gasteiger partial charge in [-0.2, -0.15) is 0 Å². The quantitative estimate of drug-likeness (QED) is 0.0919. The maximum absolute atomic E-state index is 13.3. The summed E-state index contributed by atoms with van der Waals surface area (Å²) in [5.41, 5.74) is 8.83. The van der Waals surface area contributed by atoms with Gasteiger partial charge < -0.3 is 32.1 Å². The Balaban J connectivity index is 1.37. The fourth-order valence-corrected chi connectivity index (χ4v) is 4.89. The average Bonchev–Trinajstić information content (AvgIpc) is 3.55. The summed E-state index contributed by atoms with van der Waals surface area (Å²) in [6, 6.07) is 25.2. The lowest BCUT2D eigenvalue weighted by Gasteiger charge is -2.20. The fraction of sp³-hybridized carbons (Fsp3) is 0.265. The molecule has 0 radical (unpaired) electrons. The molecule has 250 valence electrons. The molecule has 0 aliphatic rings. The van der Waals surface area contributed by atoms with Gasteiger partial charge in [0.1, 0.15) is 18.6 Å². The number of rotatable bonds is 17. The topological polar surface area (TPSA) is 210 Å². The van der Waals surface area contributed by atoms with Crippen molar-refractivity contribution in [3.05, 3.63) is 120 Å². The number of carboxylic acids is 1. The smallest absolute Gasteiger partial charge is 0.322 e. The summed E-state index contributed by atoms with van der Waals surface area (Å²) < 4.78 is 1.47. The normalized spacial score (nSPS) is 12.6. The first-order valence-electron chi connectivity index (χ1n) is 15.3. The average molecular weight is 655 g/mol. The molecule has 48 heavy (non-hydrogen) atoms. The predicted molar refractivity (Wildman–Crippen MR) is 175 cm³/mol. The van der Waals surface area contributed by atoms with Crippen molar-refractivity contribution in [1.29, 1.82) is 0 Å². The minimum atomic E-state index is -1.24. The zero-order valence-electron chi connectivity index (χ0n) is 26.1. The van der Waals surface area contributed by atoms with Gasteiger partial charge in [0.25, 0.3) is 5.91 Å². The lowest BCUT2D eigenvalue weighted by Crippen LogP contribution is -2.53. The molecule has 4 amide bonds. The number of benzene rings is 3. The summed E-state index contributed by atoms with van der Waals surface area (Å²) in [5.74, 6) is -3.90. The fourth-order valence-electron chi connectivity index (χ4n) is 4.89. The molecule has 3 aromatic carbocycles. The molecule has 0 saturated heterocycles. The lowest BCUT2D eigenvalue weighted by atomic mass is 10.0. The van der Waals surface area contributed by atoms with Gasteiger partial charge in [-0.15, -0.1) is 5.10 Å². The first kappa shape index (κ1) is 35.0. The Labute approximate surface area is 277 Å². The van der Waals surface area contributed by atoms with E-state index in [0.29, 0.717) is 13.0 Å². The van der Waals surface area contributed by atoms with Crippen molar-refractivity contribution < 1.29 is 29.1 Å². The van der Waals surface area contributed by atoms with Crippen molar-refractivity contribution in [1.82, 2.24) is 36.3 Å². The third-order valence-corrected chi connectivity index (χ3v) is 7.21. The Morgan fingerprint density at radius 2 is 1.17 bits per heavy atom. The van der Waals surface area contributed by atoms with Crippen LogP contribution in [0, 0.1) is 0 Å². The van der Waals surface area contributed by atoms with Crippen molar-refractivity contribution in [2.75, 3.05) is 13.1 Å². The highest BCUT2D eigenvalue weighted by Gasteiger charge is 2.26. The lowest BCUT2D eigenvalue weighted by molar-refractivity contribution is -0.138. The van der Waals surface area contributed by atoms with Crippen molar-refractivity contribution >= 4 is 29.6 Å². The third kappa shape index (κ3) is 11.5. The monoisotopic (exact) mass is 654 g/mol. The number of nitrogens with zero attached hydrogens (tertiary/aromatic N) is 3. The summed E-state index contributed by atoms with van der Waals surface area (Å²) in [7, 11) is 0. The molecule has 14 heteroatoms. The SMILES string of the molecule is N[C@@H](Cc1ccccc1)Cn1cc(C(=O)N[C@@H](Cc2ccccc2)C(=O)NCC(=O)N[C@@H](Cc2ccccc2)C(=O)NCC(=O)O)nn1. The van der Waals surface area contributed by atoms with Gasteiger partial charge in [-0.3, -0.25) is 28.7 Å². The number of hydrogen-bond donors (Lipinski definition) is 6. The van der Waals surface area contributed by atoms with Gasteiger partial charge in [-0.25, -0.2) is 0 Å². The zero-order valence-corrected chi connectivity index (χ0v) is 26.1. The van der Waals surface area contributed by atoms with Crippen LogP contribution in [0.5, 0.6) is 0 Å². The van der Waals surface area contributed by atoms with E-state index >= 15 is 0 Å². The van der Waals surface area contributed by atoms with Gasteiger partial charge in [0, 0.05) is 18.9 Å². The number of hydrogen-bond acceptors (Lipinski definition) is 8. The predicted octanol–water partition coefficient (Wildman–Crippen LogP) is 0.234. The van der Waals surface area contributed by atoms with E-state index in [0.717, 1.165) is 16.7 Å². The van der Waals surface area contributed by atoms with Crippen LogP contribution >= 0.6 is 0 Å². The number of carboxylic acid groups (broad SMARTS) is 1. The molecule has 0 spiro atoms. The molecule has 4 rings (SSSR count). The van der Waals surface area contributed by atoms with Gasteiger partial charge in [-0.1, -0.05) is 96.2 Å². The number of carbonyl (C=O) groups is 5. The molecule has 14 nitrogen and oxygen atoms in total. The van der Waals surface area contributed by atoms with Gasteiger partial charge in [-0.05, 0) is 23.1 Å². The number of aromatic nitrogens is 3. The molecule has 0 aliphatic heterocycles. The maximum Gasteiger partial charge on any atom is 0.322 e. The second-order valence-corrected chi connectivity index (χ2v) is 11.1. The molecule has 0 aliphatic carbocycles. The Kier molecular flexibility index (Phi) is 12.9. The number of nitrogens with two attached hydrogens (primary N) is 1. The number of amides is 4. The molecule has 7 N–H and O–H groups in total. The highest BCUT2D eigenvalue weighted by Crippen LogP contribution is 2.07. The molecule has 0 saturated carbocycles. The highest BCUT2D eigenvalue weighted by atomic mass is 16.4. The van der Waals surface area contributed by atoms with Gasteiger partial charge in [0.15, 0.2) is 5.69 Å². The molecule has 1 heterocycles. The number of nitrogens with one attached hydrogen (secondary N) is 4. The Morgan fingerprint density at radius 3 is 1.69 bits per heavy atom. The van der Waals surface area contributed by atoms with Gasteiger partial charge in [0.05, 0.1) is 19.3 Å². The highest BCUT2D eigenvalue weighted by molar-refractivity contribution is 5.97. The molecular formula is C34H38N8O6. The van der Waals surface area contributed by atoms with Crippen molar-refractivity contribution in [3.63, 3.8) is 0 Å². The van der Waals surface area contributed by atoms with E-state index < -0.39 is 54.8 Å². The van der Waals surface area contributed by atoms with E-state index in [1.54, 1.807) is 54.6 Å². The van der Waals surface area contributed by atoms with Crippen molar-refractivity contribution in [2.45, 2.75) is 43.9 Å². The van der Waals surface area contributed by atoms with Crippen molar-refractivity contribution in [2.24, 2.45) is 5.73 Å². The molecular weight excluding hydrogens is 616 g/mol. The second-order valence-electron chi connectivity index (χ2n) is 11.1. The Morgan fingerprint density at radius 1 is 0.688 bits per heavy atom. The van der Waals surface area contributed by atoms with Crippen LogP contribution in [0.3, 0.4) is 0 Å². The van der Waals surface area contributed by atoms with E-state index in [9.17, 15) is 24.0 Å². The van der Waals surface area contributed by atoms with Crippen LogP contribution in [-0.2, 0) is 45.0 Å². The van der Waals surface area contributed by atoms with Crippen LogP contribution in [0.1, 0.15) is 27.2 Å². The molecule has 3 atom stereocenters. The Hall–Kier alpha value is -5.89. The maximum atomic E-state index is 13.3. The summed E-state index contributed by atoms with van der Waals surface area (Å²) in [6.45, 7) is -0.809. The number of carbonyl (C=O) groups excluding carboxylic acids is 4. The molecule has 1 aromatic heterocycles. The van der Waals surface area contributed by atoms with E-state index in [1.165, 1.54) is 10.9 Å². The van der Waals surface area contributed by atoms with E-state index in [1.807, 2.05) is 36.4 Å². The zero-order chi connectivity index (χ0) is 34.3. The third-order valence-electron chi connectivity index (χ3n) is 7.21. The summed E-state index contributed by atoms with van der Waals surface area (Å²) in [5, 5.41) is 26.9. The second kappa shape index (κ2) is 17.7. The first-order chi connectivity index (χ1) is 23.2. The Bertz CT molecular complexity index is 1670. The summed E-state index contributed by atoms with van der Waals surface area (Å²) in [6.07, 6.45) is 2.27. The largest absolute Gasteiger partial charge is 0.480 e. The first-order valence-corrected chi connectivity index (χ1v) is 15.3. The van der Waals surface area contributed by atoms with Crippen LogP contribution in [0.2, 0.25) is 0 Å². The van der Waals surface area contributed by atoms with Gasteiger partial charge in [0.2, 0.25) is 17.7 Å². The minimum absolute atomic E-state index is 0.0124. The van der Waals surface area contributed by atoms with Crippen molar-refractivity contribution in [3.8, 4) is 0 Å². The number of aliphatic carboxylic acids is 1. The summed E-state index contributed by atoms with van der Waals surface area (Å²) >= 11 is 0. The molecule has 0 fully saturated rings. The minimum Gasteiger partial charge on any atom is -0.480 e.